The number of H-pyrrole nitrogens is 1. The molecule has 1 fully saturated rings. The second-order valence-electron chi connectivity index (χ2n) is 6.82. The second-order valence-corrected chi connectivity index (χ2v) is 6.82. The zero-order valence-electron chi connectivity index (χ0n) is 15.6. The van der Waals surface area contributed by atoms with Gasteiger partial charge < -0.3 is 20.1 Å². The predicted octanol–water partition coefficient (Wildman–Crippen LogP) is 0.195. The molecule has 0 bridgehead atoms. The summed E-state index contributed by atoms with van der Waals surface area (Å²) in [5.74, 6) is -0.304. The number of carbonyl (C=O) groups is 2. The molecule has 0 saturated carbocycles. The number of aromatic amines is 1. The van der Waals surface area contributed by atoms with Gasteiger partial charge in [0.2, 0.25) is 0 Å². The Morgan fingerprint density at radius 2 is 2.04 bits per heavy atom. The number of hydrogen-bond acceptors (Lipinski definition) is 4. The molecule has 1 aromatic heterocycles. The highest BCUT2D eigenvalue weighted by molar-refractivity contribution is 5.97. The van der Waals surface area contributed by atoms with E-state index in [4.69, 9.17) is 0 Å². The maximum Gasteiger partial charge on any atom is 0.328 e. The average Bonchev–Trinajstić information content (AvgIpc) is 3.09. The van der Waals surface area contributed by atoms with Crippen LogP contribution >= 0.6 is 0 Å². The van der Waals surface area contributed by atoms with Crippen molar-refractivity contribution >= 4 is 22.8 Å². The number of hydrogen-bond donors (Lipinski definition) is 2. The second kappa shape index (κ2) is 7.26. The maximum absolute atomic E-state index is 12.5. The standard InChI is InChI=1S/C18H23N5O4/c1-4-23-16(25)13-6-5-11(9-14(13)20-17(23)26)15(24)19-12-7-8-22(10-12)18(27)21(2)3/h5-6,9,12H,4,7-8,10H2,1-3H3,(H,19,24)(H,20,26). The SMILES string of the molecule is CCn1c(=O)[nH]c2cc(C(=O)NC3CCN(C(=O)N(C)C)C3)ccc2c1=O. The summed E-state index contributed by atoms with van der Waals surface area (Å²) in [6, 6.07) is 4.40. The quantitative estimate of drug-likeness (QED) is 0.801. The van der Waals surface area contributed by atoms with Gasteiger partial charge >= 0.3 is 11.7 Å². The Morgan fingerprint density at radius 1 is 1.30 bits per heavy atom. The fraction of sp³-hybridized carbons (Fsp3) is 0.444. The summed E-state index contributed by atoms with van der Waals surface area (Å²) < 4.78 is 1.11. The van der Waals surface area contributed by atoms with Crippen molar-refractivity contribution in [3.8, 4) is 0 Å². The van der Waals surface area contributed by atoms with Gasteiger partial charge in [-0.3, -0.25) is 14.2 Å². The van der Waals surface area contributed by atoms with E-state index >= 15 is 0 Å². The molecule has 0 spiro atoms. The maximum atomic E-state index is 12.5. The molecular formula is C18H23N5O4. The van der Waals surface area contributed by atoms with Crippen molar-refractivity contribution in [3.05, 3.63) is 44.6 Å². The molecule has 1 aliphatic rings. The Hall–Kier alpha value is -3.10. The van der Waals surface area contributed by atoms with Gasteiger partial charge in [0.1, 0.15) is 0 Å². The Morgan fingerprint density at radius 3 is 2.70 bits per heavy atom. The van der Waals surface area contributed by atoms with Crippen LogP contribution in [-0.4, -0.2) is 64.5 Å². The fourth-order valence-corrected chi connectivity index (χ4v) is 3.29. The number of likely N-dealkylation sites (tertiary alicyclic amines) is 1. The molecule has 2 N–H and O–H groups in total. The van der Waals surface area contributed by atoms with E-state index in [0.717, 1.165) is 4.57 Å². The van der Waals surface area contributed by atoms with Crippen LogP contribution in [0, 0.1) is 0 Å². The number of rotatable bonds is 3. The van der Waals surface area contributed by atoms with Gasteiger partial charge in [0, 0.05) is 45.3 Å². The normalized spacial score (nSPS) is 16.6. The van der Waals surface area contributed by atoms with Gasteiger partial charge in [-0.05, 0) is 31.5 Å². The van der Waals surface area contributed by atoms with Crippen LogP contribution in [0.15, 0.2) is 27.8 Å². The van der Waals surface area contributed by atoms with E-state index in [1.807, 2.05) is 0 Å². The van der Waals surface area contributed by atoms with E-state index in [9.17, 15) is 19.2 Å². The van der Waals surface area contributed by atoms with Crippen LogP contribution in [0.1, 0.15) is 23.7 Å². The predicted molar refractivity (Wildman–Crippen MR) is 101 cm³/mol. The van der Waals surface area contributed by atoms with Crippen LogP contribution < -0.4 is 16.6 Å². The highest BCUT2D eigenvalue weighted by Crippen LogP contribution is 2.13. The Labute approximate surface area is 155 Å². The number of urea groups is 1. The van der Waals surface area contributed by atoms with Gasteiger partial charge in [-0.15, -0.1) is 0 Å². The van der Waals surface area contributed by atoms with Crippen LogP contribution in [0.25, 0.3) is 10.9 Å². The zero-order valence-corrected chi connectivity index (χ0v) is 15.6. The molecule has 3 amide bonds. The summed E-state index contributed by atoms with van der Waals surface area (Å²) in [5.41, 5.74) is -0.194. The van der Waals surface area contributed by atoms with E-state index in [1.165, 1.54) is 11.0 Å². The summed E-state index contributed by atoms with van der Waals surface area (Å²) in [6.07, 6.45) is 0.678. The van der Waals surface area contributed by atoms with Crippen LogP contribution in [0.2, 0.25) is 0 Å². The lowest BCUT2D eigenvalue weighted by Crippen LogP contribution is -2.41. The van der Waals surface area contributed by atoms with E-state index < -0.39 is 5.69 Å². The molecule has 9 nitrogen and oxygen atoms in total. The Bertz CT molecular complexity index is 1010. The van der Waals surface area contributed by atoms with Crippen LogP contribution in [0.4, 0.5) is 4.79 Å². The number of benzene rings is 1. The molecule has 3 rings (SSSR count). The molecule has 1 aromatic carbocycles. The lowest BCUT2D eigenvalue weighted by Gasteiger charge is -2.21. The van der Waals surface area contributed by atoms with Crippen molar-refractivity contribution in [2.24, 2.45) is 0 Å². The van der Waals surface area contributed by atoms with Gasteiger partial charge in [0.05, 0.1) is 10.9 Å². The Balaban J connectivity index is 1.78. The molecule has 27 heavy (non-hydrogen) atoms. The summed E-state index contributed by atoms with van der Waals surface area (Å²) in [6.45, 7) is 3.03. The minimum atomic E-state index is -0.499. The van der Waals surface area contributed by atoms with Crippen molar-refractivity contribution in [3.63, 3.8) is 0 Å². The smallest absolute Gasteiger partial charge is 0.328 e. The summed E-state index contributed by atoms with van der Waals surface area (Å²) >= 11 is 0. The van der Waals surface area contributed by atoms with Crippen molar-refractivity contribution < 1.29 is 9.59 Å². The first-order chi connectivity index (χ1) is 12.8. The van der Waals surface area contributed by atoms with Gasteiger partial charge in [-0.25, -0.2) is 9.59 Å². The molecule has 1 aliphatic heterocycles. The monoisotopic (exact) mass is 373 g/mol. The van der Waals surface area contributed by atoms with Gasteiger partial charge in [0.25, 0.3) is 11.5 Å². The van der Waals surface area contributed by atoms with E-state index in [2.05, 4.69) is 10.3 Å². The molecule has 0 radical (unpaired) electrons. The minimum absolute atomic E-state index is 0.0813. The molecule has 1 atom stereocenters. The lowest BCUT2D eigenvalue weighted by molar-refractivity contribution is 0.0937. The summed E-state index contributed by atoms with van der Waals surface area (Å²) in [7, 11) is 3.38. The molecule has 2 heterocycles. The number of nitrogens with zero attached hydrogens (tertiary/aromatic N) is 3. The first kappa shape index (κ1) is 18.7. The van der Waals surface area contributed by atoms with Crippen molar-refractivity contribution in [1.29, 1.82) is 0 Å². The summed E-state index contributed by atoms with van der Waals surface area (Å²) in [5, 5.41) is 3.27. The molecule has 9 heteroatoms. The van der Waals surface area contributed by atoms with E-state index in [-0.39, 0.29) is 30.1 Å². The third-order valence-corrected chi connectivity index (χ3v) is 4.74. The van der Waals surface area contributed by atoms with E-state index in [0.29, 0.717) is 36.0 Å². The minimum Gasteiger partial charge on any atom is -0.347 e. The van der Waals surface area contributed by atoms with Gasteiger partial charge in [0.15, 0.2) is 0 Å². The third-order valence-electron chi connectivity index (χ3n) is 4.74. The summed E-state index contributed by atoms with van der Waals surface area (Å²) in [4.78, 5) is 54.6. The highest BCUT2D eigenvalue weighted by Gasteiger charge is 2.28. The molecule has 0 aliphatic carbocycles. The molecule has 1 unspecified atom stereocenters. The molecule has 2 aromatic rings. The Kier molecular flexibility index (Phi) is 5.02. The van der Waals surface area contributed by atoms with Crippen LogP contribution in [0.3, 0.4) is 0 Å². The van der Waals surface area contributed by atoms with E-state index in [1.54, 1.807) is 38.1 Å². The fourth-order valence-electron chi connectivity index (χ4n) is 3.29. The van der Waals surface area contributed by atoms with Crippen LogP contribution in [0.5, 0.6) is 0 Å². The number of aromatic nitrogens is 2. The van der Waals surface area contributed by atoms with Crippen LogP contribution in [-0.2, 0) is 6.54 Å². The topological polar surface area (TPSA) is 108 Å². The van der Waals surface area contributed by atoms with Crippen molar-refractivity contribution in [2.45, 2.75) is 25.9 Å². The van der Waals surface area contributed by atoms with Crippen molar-refractivity contribution in [2.75, 3.05) is 27.2 Å². The lowest BCUT2D eigenvalue weighted by atomic mass is 10.1. The number of nitrogens with one attached hydrogen (secondary N) is 2. The first-order valence-corrected chi connectivity index (χ1v) is 8.85. The molecule has 1 saturated heterocycles. The number of carbonyl (C=O) groups excluding carboxylic acids is 2. The highest BCUT2D eigenvalue weighted by atomic mass is 16.2. The molecule has 144 valence electrons. The third kappa shape index (κ3) is 3.57. The van der Waals surface area contributed by atoms with Gasteiger partial charge in [-0.2, -0.15) is 0 Å². The van der Waals surface area contributed by atoms with Crippen molar-refractivity contribution in [1.82, 2.24) is 24.7 Å². The molecular weight excluding hydrogens is 350 g/mol. The average molecular weight is 373 g/mol. The number of fused-ring (bicyclic) bond motifs is 1. The number of amides is 3. The largest absolute Gasteiger partial charge is 0.347 e. The zero-order chi connectivity index (χ0) is 19.7. The van der Waals surface area contributed by atoms with Gasteiger partial charge in [-0.1, -0.05) is 0 Å². The first-order valence-electron chi connectivity index (χ1n) is 8.85.